The number of hydrogen-bond acceptors (Lipinski definition) is 8. The van der Waals surface area contributed by atoms with Crippen LogP contribution >= 0.6 is 8.61 Å². The van der Waals surface area contributed by atoms with Gasteiger partial charge >= 0.3 is 11.7 Å². The molecule has 7 atom stereocenters. The monoisotopic (exact) mass is 451 g/mol. The Bertz CT molecular complexity index is 875. The number of aliphatic hydroxyl groups is 1. The third-order valence-electron chi connectivity index (χ3n) is 4.93. The summed E-state index contributed by atoms with van der Waals surface area (Å²) in [6.45, 7) is 5.59. The molecule has 0 aromatic carbocycles. The number of aromatic nitrogens is 2. The Morgan fingerprint density at radius 3 is 2.73 bits per heavy atom. The fourth-order valence-electron chi connectivity index (χ4n) is 2.84. The Kier molecular flexibility index (Phi) is 8.12. The van der Waals surface area contributed by atoms with E-state index in [2.05, 4.69) is 0 Å². The van der Waals surface area contributed by atoms with Gasteiger partial charge in [0.15, 0.2) is 11.9 Å². The molecule has 1 fully saturated rings. The summed E-state index contributed by atoms with van der Waals surface area (Å²) in [5, 5.41) is 10.3. The Morgan fingerprint density at radius 2 is 2.17 bits per heavy atom. The summed E-state index contributed by atoms with van der Waals surface area (Å²) in [4.78, 5) is 43.5. The number of aromatic amines is 1. The summed E-state index contributed by atoms with van der Waals surface area (Å²) in [6, 6.07) is 0.0175. The minimum Gasteiger partial charge on any atom is -0.461 e. The highest BCUT2D eigenvalue weighted by atomic mass is 31.1. The lowest BCUT2D eigenvalue weighted by Crippen LogP contribution is -2.44. The molecule has 0 radical (unpaired) electrons. The summed E-state index contributed by atoms with van der Waals surface area (Å²) in [7, 11) is -1.70. The number of esters is 1. The Balaban J connectivity index is 2.09. The van der Waals surface area contributed by atoms with E-state index in [0.29, 0.717) is 6.42 Å². The fourth-order valence-corrected chi connectivity index (χ4v) is 3.29. The first-order valence-corrected chi connectivity index (χ1v) is 10.4. The second-order valence-electron chi connectivity index (χ2n) is 7.23. The van der Waals surface area contributed by atoms with Gasteiger partial charge in [0.1, 0.15) is 26.9 Å². The van der Waals surface area contributed by atoms with Crippen molar-refractivity contribution in [2.75, 3.05) is 6.61 Å². The van der Waals surface area contributed by atoms with Crippen molar-refractivity contribution in [2.24, 2.45) is 0 Å². The Labute approximate surface area is 172 Å². The zero-order valence-electron chi connectivity index (χ0n) is 17.1. The van der Waals surface area contributed by atoms with Gasteiger partial charge in [-0.05, 0) is 27.2 Å². The first-order valence-electron chi connectivity index (χ1n) is 9.43. The van der Waals surface area contributed by atoms with Gasteiger partial charge in [-0.3, -0.25) is 24.0 Å². The van der Waals surface area contributed by atoms with E-state index in [1.807, 2.05) is 11.9 Å². The van der Waals surface area contributed by atoms with Crippen molar-refractivity contribution >= 4 is 14.6 Å². The number of rotatable bonds is 9. The van der Waals surface area contributed by atoms with E-state index in [1.165, 1.54) is 6.92 Å². The predicted octanol–water partition coefficient (Wildman–Crippen LogP) is 0.158. The van der Waals surface area contributed by atoms with Crippen LogP contribution in [0.2, 0.25) is 0 Å². The van der Waals surface area contributed by atoms with Gasteiger partial charge < -0.3 is 19.1 Å². The minimum absolute atomic E-state index is 0.327. The summed E-state index contributed by atoms with van der Waals surface area (Å²) < 4.78 is 38.1. The second-order valence-corrected chi connectivity index (χ2v) is 7.95. The first-order chi connectivity index (χ1) is 14.0. The number of hydroxylamine groups is 1. The van der Waals surface area contributed by atoms with Crippen LogP contribution in [-0.2, 0) is 23.7 Å². The van der Waals surface area contributed by atoms with Crippen molar-refractivity contribution in [1.29, 1.82) is 0 Å². The smallest absolute Gasteiger partial charge is 0.330 e. The number of halogens is 1. The van der Waals surface area contributed by atoms with E-state index >= 15 is 4.39 Å². The summed E-state index contributed by atoms with van der Waals surface area (Å²) in [6.07, 6.45) is -3.15. The number of carbonyl (C=O) groups is 1. The molecule has 1 aromatic rings. The molecule has 1 aliphatic heterocycles. The molecule has 2 rings (SSSR count). The number of alkyl halides is 1. The Hall–Kier alpha value is -1.85. The molecule has 11 nitrogen and oxygen atoms in total. The molecular weight excluding hydrogens is 424 g/mol. The lowest BCUT2D eigenvalue weighted by molar-refractivity contribution is -0.180. The van der Waals surface area contributed by atoms with Gasteiger partial charge in [0, 0.05) is 12.3 Å². The van der Waals surface area contributed by atoms with Crippen LogP contribution < -0.4 is 11.2 Å². The lowest BCUT2D eigenvalue weighted by atomic mass is 9.98. The van der Waals surface area contributed by atoms with Crippen LogP contribution in [0.5, 0.6) is 0 Å². The molecule has 3 unspecified atom stereocenters. The molecule has 0 amide bonds. The fraction of sp³-hybridized carbons (Fsp3) is 0.706. The highest BCUT2D eigenvalue weighted by Crippen LogP contribution is 2.40. The van der Waals surface area contributed by atoms with Crippen LogP contribution in [0.1, 0.15) is 40.3 Å². The average Bonchev–Trinajstić information content (AvgIpc) is 2.91. The third kappa shape index (κ3) is 5.25. The summed E-state index contributed by atoms with van der Waals surface area (Å²) in [5.41, 5.74) is -3.97. The van der Waals surface area contributed by atoms with Crippen molar-refractivity contribution < 1.29 is 33.2 Å². The maximum absolute atomic E-state index is 15.1. The molecule has 0 spiro atoms. The Morgan fingerprint density at radius 1 is 1.50 bits per heavy atom. The molecular formula is C17H27FN3O8P. The van der Waals surface area contributed by atoms with E-state index in [4.69, 9.17) is 14.3 Å². The largest absolute Gasteiger partial charge is 0.461 e. The molecule has 0 aliphatic carbocycles. The first kappa shape index (κ1) is 24.4. The van der Waals surface area contributed by atoms with Crippen molar-refractivity contribution in [3.63, 3.8) is 0 Å². The third-order valence-corrected chi connectivity index (χ3v) is 5.73. The number of ether oxygens (including phenoxy) is 2. The van der Waals surface area contributed by atoms with E-state index < -0.39 is 62.6 Å². The molecule has 30 heavy (non-hydrogen) atoms. The van der Waals surface area contributed by atoms with Crippen LogP contribution in [-0.4, -0.2) is 62.1 Å². The maximum Gasteiger partial charge on any atom is 0.330 e. The molecule has 1 aliphatic rings. The molecule has 0 bridgehead atoms. The van der Waals surface area contributed by atoms with Crippen molar-refractivity contribution in [2.45, 2.75) is 70.4 Å². The number of hydrogen-bond donors (Lipinski definition) is 2. The minimum atomic E-state index is -2.40. The van der Waals surface area contributed by atoms with Crippen LogP contribution in [0.15, 0.2) is 21.9 Å². The van der Waals surface area contributed by atoms with E-state index in [-0.39, 0.29) is 6.10 Å². The molecule has 13 heteroatoms. The standard InChI is InChI=1S/C17H27FN3O8P/c1-5-9(2)28-14(24)10(3)21(30-26)27-8-11-13(23)17(4,18)15(29-11)20-7-6-12(22)19-16(20)25/h6-7,9-11,13,15,23H,5,8,30H2,1-4H3,(H,19,22,25)/t9?,10?,11-,13-,15-,17-/m1/s1. The lowest BCUT2D eigenvalue weighted by Gasteiger charge is -2.25. The molecule has 0 saturated carbocycles. The number of H-pyrrole nitrogens is 1. The van der Waals surface area contributed by atoms with Crippen LogP contribution in [0.3, 0.4) is 0 Å². The van der Waals surface area contributed by atoms with Crippen molar-refractivity contribution in [3.05, 3.63) is 33.1 Å². The quantitative estimate of drug-likeness (QED) is 0.305. The molecule has 1 saturated heterocycles. The van der Waals surface area contributed by atoms with Crippen LogP contribution in [0, 0.1) is 0 Å². The van der Waals surface area contributed by atoms with Gasteiger partial charge in [-0.2, -0.15) is 0 Å². The van der Waals surface area contributed by atoms with Gasteiger partial charge in [0.25, 0.3) is 5.56 Å². The predicted molar refractivity (Wildman–Crippen MR) is 104 cm³/mol. The highest BCUT2D eigenvalue weighted by molar-refractivity contribution is 7.20. The summed E-state index contributed by atoms with van der Waals surface area (Å²) in [5.74, 6) is -0.645. The summed E-state index contributed by atoms with van der Waals surface area (Å²) >= 11 is 0. The van der Waals surface area contributed by atoms with Gasteiger partial charge in [-0.15, -0.1) is 4.83 Å². The van der Waals surface area contributed by atoms with Crippen molar-refractivity contribution in [3.8, 4) is 0 Å². The molecule has 2 N–H and O–H groups in total. The molecule has 1 aromatic heterocycles. The zero-order chi connectivity index (χ0) is 22.6. The van der Waals surface area contributed by atoms with E-state index in [1.54, 1.807) is 6.92 Å². The van der Waals surface area contributed by atoms with Crippen LogP contribution in [0.4, 0.5) is 4.39 Å². The normalized spacial score (nSPS) is 28.8. The van der Waals surface area contributed by atoms with E-state index in [0.717, 1.165) is 28.6 Å². The van der Waals surface area contributed by atoms with Gasteiger partial charge in [0.05, 0.1) is 12.7 Å². The highest BCUT2D eigenvalue weighted by Gasteiger charge is 2.55. The second kappa shape index (κ2) is 9.97. The number of nitrogens with one attached hydrogen (secondary N) is 1. The van der Waals surface area contributed by atoms with Gasteiger partial charge in [0.2, 0.25) is 0 Å². The van der Waals surface area contributed by atoms with Crippen LogP contribution in [0.25, 0.3) is 0 Å². The topological polar surface area (TPSA) is 140 Å². The molecule has 170 valence electrons. The number of aliphatic hydroxyl groups excluding tert-OH is 1. The maximum atomic E-state index is 15.1. The van der Waals surface area contributed by atoms with Gasteiger partial charge in [-0.1, -0.05) is 6.92 Å². The SMILES string of the molecule is CCC(C)OC(=O)C(C)N(OC[C@H]1O[C@@H](n2ccc(=O)[nH]c2=O)[C@](C)(F)[C@@H]1O)[PH2]=O. The van der Waals surface area contributed by atoms with E-state index in [9.17, 15) is 24.1 Å². The number of nitrogens with zero attached hydrogens (tertiary/aromatic N) is 2. The number of carbonyl (C=O) groups excluding carboxylic acids is 1. The molecule has 2 heterocycles. The van der Waals surface area contributed by atoms with Gasteiger partial charge in [-0.25, -0.2) is 9.18 Å². The zero-order valence-corrected chi connectivity index (χ0v) is 18.3. The van der Waals surface area contributed by atoms with Crippen molar-refractivity contribution in [1.82, 2.24) is 14.4 Å². The average molecular weight is 451 g/mol.